The summed E-state index contributed by atoms with van der Waals surface area (Å²) in [6, 6.07) is 5.21. The summed E-state index contributed by atoms with van der Waals surface area (Å²) in [5.41, 5.74) is 0.736. The van der Waals surface area contributed by atoms with Crippen molar-refractivity contribution in [3.63, 3.8) is 0 Å². The van der Waals surface area contributed by atoms with Crippen molar-refractivity contribution in [2.24, 2.45) is 0 Å². The first-order chi connectivity index (χ1) is 8.34. The third-order valence-electron chi connectivity index (χ3n) is 1.84. The highest BCUT2D eigenvalue weighted by atomic mass is 32.2. The summed E-state index contributed by atoms with van der Waals surface area (Å²) >= 11 is 1.30. The summed E-state index contributed by atoms with van der Waals surface area (Å²) < 4.78 is 0. The van der Waals surface area contributed by atoms with Gasteiger partial charge in [0.25, 0.3) is 0 Å². The maximum absolute atomic E-state index is 11.6. The van der Waals surface area contributed by atoms with E-state index in [1.165, 1.54) is 11.8 Å². The molecule has 5 nitrogen and oxygen atoms in total. The van der Waals surface area contributed by atoms with Gasteiger partial charge in [0.15, 0.2) is 5.16 Å². The van der Waals surface area contributed by atoms with Gasteiger partial charge in [-0.2, -0.15) is 0 Å². The third kappa shape index (κ3) is 3.84. The van der Waals surface area contributed by atoms with Crippen molar-refractivity contribution >= 4 is 23.4 Å². The zero-order valence-electron chi connectivity index (χ0n) is 8.91. The minimum atomic E-state index is -0.0892. The second-order valence-electron chi connectivity index (χ2n) is 3.10. The van der Waals surface area contributed by atoms with Crippen molar-refractivity contribution in [3.05, 3.63) is 43.0 Å². The molecule has 0 fully saturated rings. The van der Waals surface area contributed by atoms with E-state index >= 15 is 0 Å². The number of rotatable bonds is 4. The van der Waals surface area contributed by atoms with Crippen LogP contribution < -0.4 is 5.32 Å². The van der Waals surface area contributed by atoms with Gasteiger partial charge in [0.05, 0.1) is 5.75 Å². The molecule has 0 atom stereocenters. The lowest BCUT2D eigenvalue weighted by atomic mass is 10.4. The Morgan fingerprint density at radius 3 is 2.59 bits per heavy atom. The van der Waals surface area contributed by atoms with E-state index in [0.29, 0.717) is 5.16 Å². The molecule has 2 aromatic heterocycles. The highest BCUT2D eigenvalue weighted by Crippen LogP contribution is 2.11. The van der Waals surface area contributed by atoms with Crippen LogP contribution in [0, 0.1) is 0 Å². The van der Waals surface area contributed by atoms with Crippen molar-refractivity contribution in [2.75, 3.05) is 11.1 Å². The van der Waals surface area contributed by atoms with Gasteiger partial charge >= 0.3 is 0 Å². The van der Waals surface area contributed by atoms with E-state index in [2.05, 4.69) is 20.3 Å². The molecular formula is C11H10N4OS. The van der Waals surface area contributed by atoms with Crippen LogP contribution in [0.2, 0.25) is 0 Å². The van der Waals surface area contributed by atoms with Crippen LogP contribution in [0.3, 0.4) is 0 Å². The highest BCUT2D eigenvalue weighted by Gasteiger charge is 2.04. The maximum Gasteiger partial charge on any atom is 0.234 e. The van der Waals surface area contributed by atoms with Crippen LogP contribution in [0.25, 0.3) is 0 Å². The SMILES string of the molecule is O=C(CSc1ncccn1)Nc1ccncc1. The smallest absolute Gasteiger partial charge is 0.234 e. The molecule has 0 unspecified atom stereocenters. The van der Waals surface area contributed by atoms with Crippen LogP contribution in [0.15, 0.2) is 48.1 Å². The first kappa shape index (κ1) is 11.5. The molecule has 6 heteroatoms. The Balaban J connectivity index is 1.83. The van der Waals surface area contributed by atoms with Gasteiger partial charge in [-0.3, -0.25) is 9.78 Å². The fraction of sp³-hybridized carbons (Fsp3) is 0.0909. The van der Waals surface area contributed by atoms with Gasteiger partial charge in [-0.05, 0) is 18.2 Å². The Morgan fingerprint density at radius 1 is 1.18 bits per heavy atom. The molecular weight excluding hydrogens is 236 g/mol. The maximum atomic E-state index is 11.6. The molecule has 0 aliphatic carbocycles. The van der Waals surface area contributed by atoms with E-state index in [1.54, 1.807) is 43.0 Å². The topological polar surface area (TPSA) is 67.8 Å². The van der Waals surface area contributed by atoms with Crippen LogP contribution in [0.4, 0.5) is 5.69 Å². The Morgan fingerprint density at radius 2 is 1.88 bits per heavy atom. The van der Waals surface area contributed by atoms with Crippen LogP contribution in [-0.4, -0.2) is 26.6 Å². The number of pyridine rings is 1. The number of carbonyl (C=O) groups is 1. The fourth-order valence-corrected chi connectivity index (χ4v) is 1.73. The monoisotopic (exact) mass is 246 g/mol. The minimum Gasteiger partial charge on any atom is -0.325 e. The van der Waals surface area contributed by atoms with E-state index in [4.69, 9.17) is 0 Å². The molecule has 0 saturated heterocycles. The highest BCUT2D eigenvalue weighted by molar-refractivity contribution is 7.99. The normalized spacial score (nSPS) is 9.88. The predicted molar refractivity (Wildman–Crippen MR) is 65.6 cm³/mol. The van der Waals surface area contributed by atoms with Crippen molar-refractivity contribution in [3.8, 4) is 0 Å². The lowest BCUT2D eigenvalue weighted by Crippen LogP contribution is -2.14. The zero-order valence-corrected chi connectivity index (χ0v) is 9.72. The van der Waals surface area contributed by atoms with Crippen molar-refractivity contribution in [2.45, 2.75) is 5.16 Å². The molecule has 0 spiro atoms. The molecule has 1 N–H and O–H groups in total. The van der Waals surface area contributed by atoms with Gasteiger partial charge in [-0.1, -0.05) is 11.8 Å². The largest absolute Gasteiger partial charge is 0.325 e. The number of anilines is 1. The molecule has 1 amide bonds. The quantitative estimate of drug-likeness (QED) is 0.655. The number of hydrogen-bond acceptors (Lipinski definition) is 5. The fourth-order valence-electron chi connectivity index (χ4n) is 1.12. The van der Waals surface area contributed by atoms with E-state index in [1.807, 2.05) is 0 Å². The van der Waals surface area contributed by atoms with Crippen molar-refractivity contribution in [1.29, 1.82) is 0 Å². The molecule has 2 aromatic rings. The van der Waals surface area contributed by atoms with Gasteiger partial charge in [-0.25, -0.2) is 9.97 Å². The lowest BCUT2D eigenvalue weighted by Gasteiger charge is -2.03. The van der Waals surface area contributed by atoms with Crippen molar-refractivity contribution < 1.29 is 4.79 Å². The number of carbonyl (C=O) groups excluding carboxylic acids is 1. The first-order valence-corrected chi connectivity index (χ1v) is 5.93. The number of aromatic nitrogens is 3. The van der Waals surface area contributed by atoms with Crippen molar-refractivity contribution in [1.82, 2.24) is 15.0 Å². The van der Waals surface area contributed by atoms with Crippen LogP contribution in [0.1, 0.15) is 0 Å². The molecule has 0 saturated carbocycles. The summed E-state index contributed by atoms with van der Waals surface area (Å²) in [7, 11) is 0. The summed E-state index contributed by atoms with van der Waals surface area (Å²) in [4.78, 5) is 23.5. The summed E-state index contributed by atoms with van der Waals surface area (Å²) in [6.07, 6.45) is 6.55. The Hall–Kier alpha value is -1.95. The average molecular weight is 246 g/mol. The number of nitrogens with one attached hydrogen (secondary N) is 1. The number of hydrogen-bond donors (Lipinski definition) is 1. The van der Waals surface area contributed by atoms with Gasteiger partial charge < -0.3 is 5.32 Å². The molecule has 0 bridgehead atoms. The van der Waals surface area contributed by atoms with E-state index in [9.17, 15) is 4.79 Å². The molecule has 17 heavy (non-hydrogen) atoms. The summed E-state index contributed by atoms with van der Waals surface area (Å²) in [5, 5.41) is 3.35. The second-order valence-corrected chi connectivity index (χ2v) is 4.05. The molecule has 86 valence electrons. The van der Waals surface area contributed by atoms with E-state index in [0.717, 1.165) is 5.69 Å². The van der Waals surface area contributed by atoms with E-state index < -0.39 is 0 Å². The summed E-state index contributed by atoms with van der Waals surface area (Å²) in [6.45, 7) is 0. The van der Waals surface area contributed by atoms with E-state index in [-0.39, 0.29) is 11.7 Å². The van der Waals surface area contributed by atoms with Gasteiger partial charge in [0.1, 0.15) is 0 Å². The lowest BCUT2D eigenvalue weighted by molar-refractivity contribution is -0.113. The van der Waals surface area contributed by atoms with Crippen LogP contribution in [0.5, 0.6) is 0 Å². The molecule has 2 rings (SSSR count). The average Bonchev–Trinajstić information content (AvgIpc) is 2.39. The van der Waals surface area contributed by atoms with Gasteiger partial charge in [-0.15, -0.1) is 0 Å². The number of amides is 1. The Kier molecular flexibility index (Phi) is 4.04. The first-order valence-electron chi connectivity index (χ1n) is 4.94. The standard InChI is InChI=1S/C11H10N4OS/c16-10(15-9-2-6-12-7-3-9)8-17-11-13-4-1-5-14-11/h1-7H,8H2,(H,12,15,16). The van der Waals surface area contributed by atoms with Crippen LogP contribution >= 0.6 is 11.8 Å². The predicted octanol–water partition coefficient (Wildman–Crippen LogP) is 1.60. The summed E-state index contributed by atoms with van der Waals surface area (Å²) in [5.74, 6) is 0.195. The molecule has 0 aliphatic rings. The van der Waals surface area contributed by atoms with Crippen LogP contribution in [-0.2, 0) is 4.79 Å². The number of thioether (sulfide) groups is 1. The zero-order chi connectivity index (χ0) is 11.9. The molecule has 0 radical (unpaired) electrons. The van der Waals surface area contributed by atoms with Gasteiger partial charge in [0.2, 0.25) is 5.91 Å². The Labute approximate surface area is 103 Å². The minimum absolute atomic E-state index is 0.0892. The number of nitrogens with zero attached hydrogens (tertiary/aromatic N) is 3. The molecule has 0 aliphatic heterocycles. The molecule has 2 heterocycles. The molecule has 0 aromatic carbocycles. The second kappa shape index (κ2) is 5.95. The third-order valence-corrected chi connectivity index (χ3v) is 2.71. The van der Waals surface area contributed by atoms with Gasteiger partial charge in [0, 0.05) is 30.5 Å². The Bertz CT molecular complexity index is 477.